The number of aromatic carboxylic acids is 1. The van der Waals surface area contributed by atoms with Gasteiger partial charge in [-0.15, -0.1) is 0 Å². The minimum atomic E-state index is -1.14. The van der Waals surface area contributed by atoms with E-state index in [1.165, 1.54) is 6.07 Å². The highest BCUT2D eigenvalue weighted by Crippen LogP contribution is 2.33. The Labute approximate surface area is 113 Å². The molecule has 0 spiro atoms. The van der Waals surface area contributed by atoms with Crippen LogP contribution < -0.4 is 15.0 Å². The number of carboxylic acids is 1. The van der Waals surface area contributed by atoms with Gasteiger partial charge in [0.05, 0.1) is 5.56 Å². The molecular weight excluding hydrogens is 262 g/mol. The van der Waals surface area contributed by atoms with E-state index < -0.39 is 11.5 Å². The van der Waals surface area contributed by atoms with Crippen molar-refractivity contribution in [2.45, 2.75) is 0 Å². The van der Waals surface area contributed by atoms with Gasteiger partial charge in [0.1, 0.15) is 13.2 Å². The van der Waals surface area contributed by atoms with Crippen molar-refractivity contribution in [3.63, 3.8) is 0 Å². The second kappa shape index (κ2) is 4.73. The monoisotopic (exact) mass is 273 g/mol. The Morgan fingerprint density at radius 2 is 1.85 bits per heavy atom. The van der Waals surface area contributed by atoms with Gasteiger partial charge in [0.15, 0.2) is 11.5 Å². The summed E-state index contributed by atoms with van der Waals surface area (Å²) in [5.41, 5.74) is 0.565. The van der Waals surface area contributed by atoms with Crippen molar-refractivity contribution in [2.75, 3.05) is 13.2 Å². The molecule has 0 atom stereocenters. The molecule has 102 valence electrons. The number of carbonyl (C=O) groups is 1. The van der Waals surface area contributed by atoms with Crippen LogP contribution in [-0.2, 0) is 0 Å². The van der Waals surface area contributed by atoms with Crippen LogP contribution in [0.5, 0.6) is 11.5 Å². The third-order valence-electron chi connectivity index (χ3n) is 2.94. The standard InChI is InChI=1S/C14H11NO5/c16-13-7-9(14(17)18)5-10(15-13)8-1-2-11-12(6-8)20-4-3-19-11/h1-2,5-7H,3-4H2,(H,15,16)(H,17,18). The summed E-state index contributed by atoms with van der Waals surface area (Å²) in [5, 5.41) is 8.98. The SMILES string of the molecule is O=C(O)c1cc(-c2ccc3c(c2)OCCO3)[nH]c(=O)c1. The van der Waals surface area contributed by atoms with Gasteiger partial charge >= 0.3 is 5.97 Å². The van der Waals surface area contributed by atoms with Gasteiger partial charge in [-0.1, -0.05) is 0 Å². The number of benzene rings is 1. The summed E-state index contributed by atoms with van der Waals surface area (Å²) in [6.45, 7) is 0.958. The molecule has 0 saturated carbocycles. The predicted octanol–water partition coefficient (Wildman–Crippen LogP) is 1.51. The van der Waals surface area contributed by atoms with Gasteiger partial charge in [-0.2, -0.15) is 0 Å². The van der Waals surface area contributed by atoms with Gasteiger partial charge in [-0.3, -0.25) is 4.79 Å². The second-order valence-electron chi connectivity index (χ2n) is 4.31. The zero-order chi connectivity index (χ0) is 14.1. The number of aromatic nitrogens is 1. The zero-order valence-corrected chi connectivity index (χ0v) is 10.4. The van der Waals surface area contributed by atoms with E-state index in [9.17, 15) is 9.59 Å². The third-order valence-corrected chi connectivity index (χ3v) is 2.94. The molecule has 2 heterocycles. The maximum absolute atomic E-state index is 11.5. The van der Waals surface area contributed by atoms with Gasteiger partial charge in [-0.05, 0) is 24.3 Å². The summed E-state index contributed by atoms with van der Waals surface area (Å²) in [6, 6.07) is 7.64. The topological polar surface area (TPSA) is 88.6 Å². The van der Waals surface area contributed by atoms with Crippen LogP contribution in [0.15, 0.2) is 35.1 Å². The Kier molecular flexibility index (Phi) is 2.90. The summed E-state index contributed by atoms with van der Waals surface area (Å²) in [4.78, 5) is 25.1. The minimum absolute atomic E-state index is 0.0568. The van der Waals surface area contributed by atoms with Gasteiger partial charge in [0, 0.05) is 17.3 Å². The molecule has 2 aromatic rings. The molecule has 20 heavy (non-hydrogen) atoms. The Hall–Kier alpha value is -2.76. The molecule has 0 saturated heterocycles. The van der Waals surface area contributed by atoms with Crippen LogP contribution in [0.3, 0.4) is 0 Å². The van der Waals surface area contributed by atoms with Gasteiger partial charge in [0.25, 0.3) is 0 Å². The first-order chi connectivity index (χ1) is 9.63. The van der Waals surface area contributed by atoms with Crippen LogP contribution >= 0.6 is 0 Å². The highest BCUT2D eigenvalue weighted by atomic mass is 16.6. The lowest BCUT2D eigenvalue weighted by atomic mass is 10.1. The van der Waals surface area contributed by atoms with Crippen LogP contribution in [0.2, 0.25) is 0 Å². The van der Waals surface area contributed by atoms with E-state index in [0.717, 1.165) is 6.07 Å². The largest absolute Gasteiger partial charge is 0.486 e. The first-order valence-corrected chi connectivity index (χ1v) is 6.01. The quantitative estimate of drug-likeness (QED) is 0.865. The van der Waals surface area contributed by atoms with Crippen molar-refractivity contribution in [1.29, 1.82) is 0 Å². The smallest absolute Gasteiger partial charge is 0.335 e. The predicted molar refractivity (Wildman–Crippen MR) is 70.4 cm³/mol. The molecule has 1 aromatic carbocycles. The maximum atomic E-state index is 11.5. The number of hydrogen-bond acceptors (Lipinski definition) is 4. The van der Waals surface area contributed by atoms with Crippen molar-refractivity contribution >= 4 is 5.97 Å². The first kappa shape index (κ1) is 12.3. The van der Waals surface area contributed by atoms with E-state index >= 15 is 0 Å². The minimum Gasteiger partial charge on any atom is -0.486 e. The number of fused-ring (bicyclic) bond motifs is 1. The fourth-order valence-electron chi connectivity index (χ4n) is 2.03. The van der Waals surface area contributed by atoms with E-state index in [1.807, 2.05) is 0 Å². The molecule has 3 rings (SSSR count). The summed E-state index contributed by atoms with van der Waals surface area (Å²) >= 11 is 0. The molecule has 0 aliphatic carbocycles. The number of ether oxygens (including phenoxy) is 2. The molecule has 0 unspecified atom stereocenters. The van der Waals surface area contributed by atoms with E-state index in [1.54, 1.807) is 18.2 Å². The molecule has 6 nitrogen and oxygen atoms in total. The first-order valence-electron chi connectivity index (χ1n) is 6.01. The molecule has 0 fully saturated rings. The summed E-state index contributed by atoms with van der Waals surface area (Å²) in [7, 11) is 0. The second-order valence-corrected chi connectivity index (χ2v) is 4.31. The molecule has 0 amide bonds. The van der Waals surface area contributed by atoms with Crippen molar-refractivity contribution in [1.82, 2.24) is 4.98 Å². The average Bonchev–Trinajstić information content (AvgIpc) is 2.46. The number of carboxylic acid groups (broad SMARTS) is 1. The summed E-state index contributed by atoms with van der Waals surface area (Å²) < 4.78 is 10.9. The number of aromatic amines is 1. The number of hydrogen-bond donors (Lipinski definition) is 2. The fraction of sp³-hybridized carbons (Fsp3) is 0.143. The Bertz CT molecular complexity index is 735. The van der Waals surface area contributed by atoms with E-state index in [0.29, 0.717) is 36.0 Å². The van der Waals surface area contributed by atoms with Crippen LogP contribution in [-0.4, -0.2) is 29.3 Å². The zero-order valence-electron chi connectivity index (χ0n) is 10.4. The molecule has 1 aromatic heterocycles. The molecule has 0 radical (unpaired) electrons. The summed E-state index contributed by atoms with van der Waals surface area (Å²) in [5.74, 6) is 0.0713. The van der Waals surface area contributed by atoms with Crippen molar-refractivity contribution < 1.29 is 19.4 Å². The normalized spacial score (nSPS) is 13.0. The van der Waals surface area contributed by atoms with Gasteiger partial charge < -0.3 is 19.6 Å². The van der Waals surface area contributed by atoms with E-state index in [4.69, 9.17) is 14.6 Å². The summed E-state index contributed by atoms with van der Waals surface area (Å²) in [6.07, 6.45) is 0. The van der Waals surface area contributed by atoms with Crippen LogP contribution in [0.25, 0.3) is 11.3 Å². The molecule has 1 aliphatic heterocycles. The van der Waals surface area contributed by atoms with Crippen LogP contribution in [0.4, 0.5) is 0 Å². The number of nitrogens with one attached hydrogen (secondary N) is 1. The molecule has 0 bridgehead atoms. The number of H-pyrrole nitrogens is 1. The maximum Gasteiger partial charge on any atom is 0.335 e. The highest BCUT2D eigenvalue weighted by Gasteiger charge is 2.14. The molecule has 1 aliphatic rings. The highest BCUT2D eigenvalue weighted by molar-refractivity contribution is 5.88. The lowest BCUT2D eigenvalue weighted by Gasteiger charge is -2.18. The van der Waals surface area contributed by atoms with Gasteiger partial charge in [-0.25, -0.2) is 4.79 Å². The third kappa shape index (κ3) is 2.23. The fourth-order valence-corrected chi connectivity index (χ4v) is 2.03. The molecule has 6 heteroatoms. The average molecular weight is 273 g/mol. The van der Waals surface area contributed by atoms with Crippen LogP contribution in [0.1, 0.15) is 10.4 Å². The number of rotatable bonds is 2. The molecular formula is C14H11NO5. The lowest BCUT2D eigenvalue weighted by Crippen LogP contribution is -2.15. The van der Waals surface area contributed by atoms with Crippen molar-refractivity contribution in [3.8, 4) is 22.8 Å². The van der Waals surface area contributed by atoms with Gasteiger partial charge in [0.2, 0.25) is 5.56 Å². The Morgan fingerprint density at radius 1 is 1.10 bits per heavy atom. The lowest BCUT2D eigenvalue weighted by molar-refractivity contribution is 0.0696. The molecule has 2 N–H and O–H groups in total. The van der Waals surface area contributed by atoms with Crippen molar-refractivity contribution in [2.24, 2.45) is 0 Å². The van der Waals surface area contributed by atoms with Crippen LogP contribution in [0, 0.1) is 0 Å². The Balaban J connectivity index is 2.09. The van der Waals surface area contributed by atoms with E-state index in [2.05, 4.69) is 4.98 Å². The van der Waals surface area contributed by atoms with E-state index in [-0.39, 0.29) is 5.56 Å². The Morgan fingerprint density at radius 3 is 2.60 bits per heavy atom. The van der Waals surface area contributed by atoms with Crippen molar-refractivity contribution in [3.05, 3.63) is 46.2 Å². The number of pyridine rings is 1.